The van der Waals surface area contributed by atoms with Gasteiger partial charge < -0.3 is 14.2 Å². The summed E-state index contributed by atoms with van der Waals surface area (Å²) in [6.07, 6.45) is 0. The van der Waals surface area contributed by atoms with E-state index in [1.54, 1.807) is 0 Å². The number of nitrogens with zero attached hydrogens (tertiary/aromatic N) is 3. The third-order valence-corrected chi connectivity index (χ3v) is 5.07. The summed E-state index contributed by atoms with van der Waals surface area (Å²) in [4.78, 5) is 2.05. The first-order chi connectivity index (χ1) is 12.2. The van der Waals surface area contributed by atoms with Gasteiger partial charge in [0.1, 0.15) is 0 Å². The van der Waals surface area contributed by atoms with E-state index in [2.05, 4.69) is 42.8 Å². The van der Waals surface area contributed by atoms with Crippen LogP contribution in [0.4, 0.5) is 17.1 Å². The maximum Gasteiger partial charge on any atom is 0.494 e. The minimum atomic E-state index is -0.357. The molecule has 6 heteroatoms. The fraction of sp³-hybridized carbons (Fsp3) is 0.400. The van der Waals surface area contributed by atoms with Crippen molar-refractivity contribution < 1.29 is 9.31 Å². The minimum Gasteiger partial charge on any atom is -0.399 e. The molecule has 1 saturated heterocycles. The van der Waals surface area contributed by atoms with Gasteiger partial charge in [-0.25, -0.2) is 0 Å². The number of benzene rings is 2. The van der Waals surface area contributed by atoms with Gasteiger partial charge in [0, 0.05) is 19.8 Å². The van der Waals surface area contributed by atoms with E-state index in [1.807, 2.05) is 62.6 Å². The molecule has 5 nitrogen and oxygen atoms in total. The summed E-state index contributed by atoms with van der Waals surface area (Å²) >= 11 is 0. The lowest BCUT2D eigenvalue weighted by atomic mass is 9.79. The molecule has 1 heterocycles. The zero-order valence-corrected chi connectivity index (χ0v) is 16.4. The van der Waals surface area contributed by atoms with E-state index in [-0.39, 0.29) is 18.3 Å². The summed E-state index contributed by atoms with van der Waals surface area (Å²) in [5.41, 5.74) is 3.06. The molecule has 0 spiro atoms. The van der Waals surface area contributed by atoms with Crippen LogP contribution < -0.4 is 10.4 Å². The fourth-order valence-corrected chi connectivity index (χ4v) is 2.61. The number of hydrogen-bond acceptors (Lipinski definition) is 5. The zero-order chi connectivity index (χ0) is 18.9. The van der Waals surface area contributed by atoms with Gasteiger partial charge in [0.15, 0.2) is 0 Å². The highest BCUT2D eigenvalue weighted by Crippen LogP contribution is 2.36. The summed E-state index contributed by atoms with van der Waals surface area (Å²) in [6.45, 7) is 8.21. The zero-order valence-electron chi connectivity index (χ0n) is 16.4. The van der Waals surface area contributed by atoms with Gasteiger partial charge in [-0.1, -0.05) is 12.1 Å². The van der Waals surface area contributed by atoms with Gasteiger partial charge in [-0.3, -0.25) is 0 Å². The van der Waals surface area contributed by atoms with Gasteiger partial charge in [0.05, 0.1) is 22.6 Å². The molecule has 0 aromatic heterocycles. The maximum atomic E-state index is 6.07. The molecule has 2 aromatic rings. The van der Waals surface area contributed by atoms with Crippen molar-refractivity contribution in [3.63, 3.8) is 0 Å². The van der Waals surface area contributed by atoms with Crippen LogP contribution in [0.3, 0.4) is 0 Å². The molecule has 1 fully saturated rings. The molecule has 0 amide bonds. The molecule has 1 aliphatic rings. The highest BCUT2D eigenvalue weighted by Gasteiger charge is 2.51. The first-order valence-electron chi connectivity index (χ1n) is 8.83. The second-order valence-electron chi connectivity index (χ2n) is 7.79. The highest BCUT2D eigenvalue weighted by atomic mass is 16.7. The lowest BCUT2D eigenvalue weighted by Gasteiger charge is -2.32. The summed E-state index contributed by atoms with van der Waals surface area (Å²) in [5, 5.41) is 8.60. The minimum absolute atomic E-state index is 0.339. The van der Waals surface area contributed by atoms with E-state index < -0.39 is 0 Å². The molecular weight excluding hydrogens is 325 g/mol. The molecule has 0 unspecified atom stereocenters. The van der Waals surface area contributed by atoms with Gasteiger partial charge in [-0.2, -0.15) is 10.2 Å². The van der Waals surface area contributed by atoms with Crippen molar-refractivity contribution >= 4 is 29.6 Å². The van der Waals surface area contributed by atoms with Gasteiger partial charge in [0.25, 0.3) is 0 Å². The Bertz CT molecular complexity index is 768. The molecule has 136 valence electrons. The third kappa shape index (κ3) is 3.81. The van der Waals surface area contributed by atoms with E-state index in [0.29, 0.717) is 0 Å². The molecule has 0 N–H and O–H groups in total. The first kappa shape index (κ1) is 18.6. The van der Waals surface area contributed by atoms with Crippen LogP contribution in [0.5, 0.6) is 0 Å². The smallest absolute Gasteiger partial charge is 0.399 e. The second kappa shape index (κ2) is 6.85. The average Bonchev–Trinajstić information content (AvgIpc) is 2.81. The molecule has 26 heavy (non-hydrogen) atoms. The van der Waals surface area contributed by atoms with Crippen molar-refractivity contribution in [1.29, 1.82) is 0 Å². The molecule has 2 aromatic carbocycles. The van der Waals surface area contributed by atoms with Gasteiger partial charge in [-0.15, -0.1) is 0 Å². The van der Waals surface area contributed by atoms with E-state index in [4.69, 9.17) is 9.31 Å². The number of azo groups is 1. The SMILES string of the molecule is CN(C)c1ccc(N=Nc2ccc(B3OC(C)(C)C(C)(C)O3)cc2)cc1. The van der Waals surface area contributed by atoms with Crippen LogP contribution in [0.15, 0.2) is 58.8 Å². The third-order valence-electron chi connectivity index (χ3n) is 5.07. The van der Waals surface area contributed by atoms with Crippen molar-refractivity contribution in [2.45, 2.75) is 38.9 Å². The molecule has 0 aliphatic carbocycles. The van der Waals surface area contributed by atoms with Crippen LogP contribution >= 0.6 is 0 Å². The largest absolute Gasteiger partial charge is 0.494 e. The van der Waals surface area contributed by atoms with E-state index in [0.717, 1.165) is 22.5 Å². The predicted octanol–water partition coefficient (Wildman–Crippen LogP) is 4.47. The summed E-state index contributed by atoms with van der Waals surface area (Å²) in [5.74, 6) is 0. The van der Waals surface area contributed by atoms with Gasteiger partial charge >= 0.3 is 7.12 Å². The van der Waals surface area contributed by atoms with Crippen molar-refractivity contribution in [2.75, 3.05) is 19.0 Å². The average molecular weight is 351 g/mol. The van der Waals surface area contributed by atoms with Crippen molar-refractivity contribution in [2.24, 2.45) is 10.2 Å². The topological polar surface area (TPSA) is 46.4 Å². The second-order valence-corrected chi connectivity index (χ2v) is 7.79. The normalized spacial score (nSPS) is 18.5. The van der Waals surface area contributed by atoms with Gasteiger partial charge in [0.2, 0.25) is 0 Å². The van der Waals surface area contributed by atoms with Gasteiger partial charge in [-0.05, 0) is 69.6 Å². The summed E-state index contributed by atoms with van der Waals surface area (Å²) in [7, 11) is 3.67. The monoisotopic (exact) mass is 351 g/mol. The Morgan fingerprint density at radius 3 is 1.58 bits per heavy atom. The molecule has 3 rings (SSSR count). The summed E-state index contributed by atoms with van der Waals surface area (Å²) < 4.78 is 12.1. The maximum absolute atomic E-state index is 6.07. The van der Waals surface area contributed by atoms with E-state index in [9.17, 15) is 0 Å². The number of anilines is 1. The Morgan fingerprint density at radius 2 is 1.15 bits per heavy atom. The fourth-order valence-electron chi connectivity index (χ4n) is 2.61. The van der Waals surface area contributed by atoms with Crippen LogP contribution in [-0.4, -0.2) is 32.4 Å². The van der Waals surface area contributed by atoms with Crippen LogP contribution in [0, 0.1) is 0 Å². The molecular formula is C20H26BN3O2. The van der Waals surface area contributed by atoms with Crippen molar-refractivity contribution in [1.82, 2.24) is 0 Å². The predicted molar refractivity (Wildman–Crippen MR) is 107 cm³/mol. The Labute approximate surface area is 156 Å². The molecule has 0 bridgehead atoms. The molecule has 0 saturated carbocycles. The molecule has 1 aliphatic heterocycles. The van der Waals surface area contributed by atoms with E-state index >= 15 is 0 Å². The molecule has 0 radical (unpaired) electrons. The Balaban J connectivity index is 1.68. The lowest BCUT2D eigenvalue weighted by molar-refractivity contribution is 0.00578. The number of hydrogen-bond donors (Lipinski definition) is 0. The van der Waals surface area contributed by atoms with Crippen LogP contribution in [-0.2, 0) is 9.31 Å². The standard InChI is InChI=1S/C20H26BN3O2/c1-19(2)20(3,4)26-21(25-19)15-7-9-16(10-8-15)22-23-17-11-13-18(14-12-17)24(5)6/h7-14H,1-6H3. The quantitative estimate of drug-likeness (QED) is 0.603. The summed E-state index contributed by atoms with van der Waals surface area (Å²) in [6, 6.07) is 15.8. The van der Waals surface area contributed by atoms with Crippen molar-refractivity contribution in [3.8, 4) is 0 Å². The van der Waals surface area contributed by atoms with Crippen LogP contribution in [0.1, 0.15) is 27.7 Å². The highest BCUT2D eigenvalue weighted by molar-refractivity contribution is 6.62. The molecule has 0 atom stereocenters. The first-order valence-corrected chi connectivity index (χ1v) is 8.83. The van der Waals surface area contributed by atoms with Crippen LogP contribution in [0.2, 0.25) is 0 Å². The van der Waals surface area contributed by atoms with Crippen molar-refractivity contribution in [3.05, 3.63) is 48.5 Å². The van der Waals surface area contributed by atoms with Crippen LogP contribution in [0.25, 0.3) is 0 Å². The number of rotatable bonds is 4. The van der Waals surface area contributed by atoms with E-state index in [1.165, 1.54) is 0 Å². The Morgan fingerprint density at radius 1 is 0.731 bits per heavy atom. The Kier molecular flexibility index (Phi) is 4.91. The lowest BCUT2D eigenvalue weighted by Crippen LogP contribution is -2.41. The Hall–Kier alpha value is -2.18.